The number of allylic oxidation sites excluding steroid dienone is 1. The van der Waals surface area contributed by atoms with Crippen LogP contribution >= 0.6 is 38.9 Å². The summed E-state index contributed by atoms with van der Waals surface area (Å²) >= 11 is 10.6. The number of rotatable bonds is 1. The van der Waals surface area contributed by atoms with E-state index in [4.69, 9.17) is 16.3 Å². The maximum atomic E-state index is 11.1. The lowest BCUT2D eigenvalue weighted by molar-refractivity contribution is -0.118. The molecule has 1 aromatic heterocycles. The van der Waals surface area contributed by atoms with Crippen LogP contribution in [0.1, 0.15) is 17.4 Å². The van der Waals surface area contributed by atoms with Crippen LogP contribution in [-0.4, -0.2) is 5.78 Å². The van der Waals surface area contributed by atoms with Crippen LogP contribution in [0.3, 0.4) is 0 Å². The predicted octanol–water partition coefficient (Wildman–Crippen LogP) is 3.71. The van der Waals surface area contributed by atoms with Gasteiger partial charge >= 0.3 is 0 Å². The Hall–Kier alpha value is -0.320. The SMILES string of the molecule is O=C1C=COC(c2cc(Br)c(Cl)s2)C1. The molecule has 1 aliphatic rings. The van der Waals surface area contributed by atoms with Crippen molar-refractivity contribution in [1.29, 1.82) is 0 Å². The van der Waals surface area contributed by atoms with Gasteiger partial charge in [-0.25, -0.2) is 0 Å². The van der Waals surface area contributed by atoms with Gasteiger partial charge in [-0.2, -0.15) is 0 Å². The van der Waals surface area contributed by atoms with Crippen molar-refractivity contribution in [2.45, 2.75) is 12.5 Å². The van der Waals surface area contributed by atoms with Crippen molar-refractivity contribution in [3.8, 4) is 0 Å². The highest BCUT2D eigenvalue weighted by Gasteiger charge is 2.21. The third kappa shape index (κ3) is 2.02. The van der Waals surface area contributed by atoms with Gasteiger partial charge in [0.1, 0.15) is 10.4 Å². The van der Waals surface area contributed by atoms with Crippen molar-refractivity contribution in [1.82, 2.24) is 0 Å². The maximum absolute atomic E-state index is 11.1. The molecule has 0 spiro atoms. The first-order chi connectivity index (χ1) is 6.66. The number of hydrogen-bond donors (Lipinski definition) is 0. The topological polar surface area (TPSA) is 26.3 Å². The Kier molecular flexibility index (Phi) is 2.95. The first-order valence-electron chi connectivity index (χ1n) is 3.96. The van der Waals surface area contributed by atoms with Gasteiger partial charge in [0.25, 0.3) is 0 Å². The van der Waals surface area contributed by atoms with Gasteiger partial charge in [-0.05, 0) is 22.0 Å². The van der Waals surface area contributed by atoms with Crippen molar-refractivity contribution >= 4 is 44.7 Å². The first-order valence-corrected chi connectivity index (χ1v) is 5.95. The normalized spacial score (nSPS) is 21.0. The molecule has 2 rings (SSSR count). The summed E-state index contributed by atoms with van der Waals surface area (Å²) in [5.41, 5.74) is 0. The number of thiophene rings is 1. The molecular formula is C9H6BrClO2S. The van der Waals surface area contributed by atoms with Crippen LogP contribution < -0.4 is 0 Å². The molecule has 14 heavy (non-hydrogen) atoms. The third-order valence-electron chi connectivity index (χ3n) is 1.86. The molecule has 0 radical (unpaired) electrons. The van der Waals surface area contributed by atoms with Crippen molar-refractivity contribution in [3.63, 3.8) is 0 Å². The standard InChI is InChI=1S/C9H6BrClO2S/c10-6-4-8(14-9(6)11)7-3-5(12)1-2-13-7/h1-2,4,7H,3H2. The summed E-state index contributed by atoms with van der Waals surface area (Å²) in [4.78, 5) is 12.1. The molecule has 0 bridgehead atoms. The second kappa shape index (κ2) is 4.04. The van der Waals surface area contributed by atoms with Crippen molar-refractivity contribution in [2.24, 2.45) is 0 Å². The van der Waals surface area contributed by atoms with Gasteiger partial charge in [-0.3, -0.25) is 4.79 Å². The van der Waals surface area contributed by atoms with Crippen LogP contribution in [0.25, 0.3) is 0 Å². The molecule has 1 aromatic rings. The Balaban J connectivity index is 2.23. The molecule has 2 nitrogen and oxygen atoms in total. The van der Waals surface area contributed by atoms with E-state index in [-0.39, 0.29) is 11.9 Å². The lowest BCUT2D eigenvalue weighted by atomic mass is 10.1. The van der Waals surface area contributed by atoms with E-state index in [9.17, 15) is 4.79 Å². The van der Waals surface area contributed by atoms with Crippen LogP contribution in [-0.2, 0) is 9.53 Å². The maximum Gasteiger partial charge on any atom is 0.162 e. The minimum Gasteiger partial charge on any atom is -0.492 e. The van der Waals surface area contributed by atoms with E-state index >= 15 is 0 Å². The molecule has 1 unspecified atom stereocenters. The van der Waals surface area contributed by atoms with Gasteiger partial charge in [-0.15, -0.1) is 11.3 Å². The second-order valence-corrected chi connectivity index (χ2v) is 5.41. The average Bonchev–Trinajstić information content (AvgIpc) is 2.47. The molecule has 1 aliphatic heterocycles. The molecule has 74 valence electrons. The summed E-state index contributed by atoms with van der Waals surface area (Å²) < 4.78 is 6.87. The van der Waals surface area contributed by atoms with E-state index in [0.29, 0.717) is 10.8 Å². The van der Waals surface area contributed by atoms with Gasteiger partial charge < -0.3 is 4.74 Å². The number of ether oxygens (including phenoxy) is 1. The molecule has 0 N–H and O–H groups in total. The van der Waals surface area contributed by atoms with Gasteiger partial charge in [0.05, 0.1) is 12.7 Å². The summed E-state index contributed by atoms with van der Waals surface area (Å²) in [6.07, 6.45) is 3.10. The predicted molar refractivity (Wildman–Crippen MR) is 59.6 cm³/mol. The van der Waals surface area contributed by atoms with E-state index in [0.717, 1.165) is 9.35 Å². The highest BCUT2D eigenvalue weighted by molar-refractivity contribution is 9.10. The van der Waals surface area contributed by atoms with Crippen LogP contribution in [0.4, 0.5) is 0 Å². The molecule has 5 heteroatoms. The van der Waals surface area contributed by atoms with Gasteiger partial charge in [0.15, 0.2) is 5.78 Å². The van der Waals surface area contributed by atoms with E-state index in [2.05, 4.69) is 15.9 Å². The van der Waals surface area contributed by atoms with E-state index in [1.54, 1.807) is 0 Å². The fraction of sp³-hybridized carbons (Fsp3) is 0.222. The smallest absolute Gasteiger partial charge is 0.162 e. The summed E-state index contributed by atoms with van der Waals surface area (Å²) in [6, 6.07) is 1.89. The molecular weight excluding hydrogens is 288 g/mol. The highest BCUT2D eigenvalue weighted by atomic mass is 79.9. The summed E-state index contributed by atoms with van der Waals surface area (Å²) in [6.45, 7) is 0. The molecule has 0 saturated heterocycles. The molecule has 0 amide bonds. The molecule has 0 fully saturated rings. The number of hydrogen-bond acceptors (Lipinski definition) is 3. The Morgan fingerprint density at radius 3 is 3.00 bits per heavy atom. The zero-order chi connectivity index (χ0) is 10.1. The zero-order valence-corrected chi connectivity index (χ0v) is 10.2. The largest absolute Gasteiger partial charge is 0.492 e. The number of carbonyl (C=O) groups is 1. The van der Waals surface area contributed by atoms with Crippen molar-refractivity contribution in [2.75, 3.05) is 0 Å². The monoisotopic (exact) mass is 292 g/mol. The van der Waals surface area contributed by atoms with Crippen LogP contribution in [0.15, 0.2) is 22.9 Å². The minimum absolute atomic E-state index is 0.0851. The summed E-state index contributed by atoms with van der Waals surface area (Å²) in [5, 5.41) is 0. The van der Waals surface area contributed by atoms with Gasteiger partial charge in [-0.1, -0.05) is 11.6 Å². The lowest BCUT2D eigenvalue weighted by Gasteiger charge is -2.16. The Bertz CT molecular complexity index is 380. The summed E-state index contributed by atoms with van der Waals surface area (Å²) in [5.74, 6) is 0.0851. The second-order valence-electron chi connectivity index (χ2n) is 2.87. The lowest BCUT2D eigenvalue weighted by Crippen LogP contribution is -2.09. The van der Waals surface area contributed by atoms with Crippen LogP contribution in [0, 0.1) is 0 Å². The van der Waals surface area contributed by atoms with Crippen LogP contribution in [0.2, 0.25) is 4.34 Å². The molecule has 0 aliphatic carbocycles. The van der Waals surface area contributed by atoms with Gasteiger partial charge in [0, 0.05) is 15.4 Å². The fourth-order valence-electron chi connectivity index (χ4n) is 1.20. The van der Waals surface area contributed by atoms with Gasteiger partial charge in [0.2, 0.25) is 0 Å². The molecule has 2 heterocycles. The Morgan fingerprint density at radius 1 is 1.64 bits per heavy atom. The quantitative estimate of drug-likeness (QED) is 0.789. The number of carbonyl (C=O) groups excluding carboxylic acids is 1. The average molecular weight is 294 g/mol. The Labute approximate surface area is 98.6 Å². The first kappa shape index (κ1) is 10.2. The highest BCUT2D eigenvalue weighted by Crippen LogP contribution is 2.38. The van der Waals surface area contributed by atoms with E-state index in [1.807, 2.05) is 6.07 Å². The van der Waals surface area contributed by atoms with E-state index in [1.165, 1.54) is 23.7 Å². The number of ketones is 1. The fourth-order valence-corrected chi connectivity index (χ4v) is 2.97. The van der Waals surface area contributed by atoms with Crippen molar-refractivity contribution < 1.29 is 9.53 Å². The minimum atomic E-state index is -0.179. The van der Waals surface area contributed by atoms with E-state index < -0.39 is 0 Å². The molecule has 1 atom stereocenters. The van der Waals surface area contributed by atoms with Crippen LogP contribution in [0.5, 0.6) is 0 Å². The third-order valence-corrected chi connectivity index (χ3v) is 4.43. The molecule has 0 aromatic carbocycles. The molecule has 0 saturated carbocycles. The summed E-state index contributed by atoms with van der Waals surface area (Å²) in [7, 11) is 0. The number of halogens is 2. The Morgan fingerprint density at radius 2 is 2.43 bits per heavy atom. The van der Waals surface area contributed by atoms with Crippen molar-refractivity contribution in [3.05, 3.63) is 32.1 Å². The zero-order valence-electron chi connectivity index (χ0n) is 7.00.